The van der Waals surface area contributed by atoms with E-state index in [0.717, 1.165) is 11.1 Å². The van der Waals surface area contributed by atoms with Crippen molar-refractivity contribution < 1.29 is 23.8 Å². The summed E-state index contributed by atoms with van der Waals surface area (Å²) < 4.78 is 15.9. The molecule has 3 aromatic rings. The number of benzene rings is 3. The van der Waals surface area contributed by atoms with Crippen molar-refractivity contribution in [3.63, 3.8) is 0 Å². The Hall–Kier alpha value is -3.60. The van der Waals surface area contributed by atoms with Crippen molar-refractivity contribution in [1.29, 1.82) is 0 Å². The normalized spacial score (nSPS) is 10.2. The second-order valence-corrected chi connectivity index (χ2v) is 6.11. The predicted octanol–water partition coefficient (Wildman–Crippen LogP) is 4.34. The summed E-state index contributed by atoms with van der Waals surface area (Å²) in [6, 6.07) is 23.0. The van der Waals surface area contributed by atoms with Gasteiger partial charge in [-0.15, -0.1) is 0 Å². The van der Waals surface area contributed by atoms with Gasteiger partial charge in [0.25, 0.3) is 0 Å². The van der Waals surface area contributed by atoms with E-state index in [1.54, 1.807) is 54.6 Å². The Bertz CT molecular complexity index is 933. The van der Waals surface area contributed by atoms with E-state index in [-0.39, 0.29) is 13.2 Å². The van der Waals surface area contributed by atoms with E-state index in [1.165, 1.54) is 0 Å². The number of aryl methyl sites for hydroxylation is 1. The first kappa shape index (κ1) is 19.2. The maximum absolute atomic E-state index is 12.1. The van der Waals surface area contributed by atoms with Gasteiger partial charge < -0.3 is 14.2 Å². The largest absolute Gasteiger partial charge is 0.482 e. The highest BCUT2D eigenvalue weighted by Gasteiger charge is 2.10. The summed E-state index contributed by atoms with van der Waals surface area (Å²) >= 11 is 0. The van der Waals surface area contributed by atoms with Crippen molar-refractivity contribution in [2.24, 2.45) is 0 Å². The molecule has 0 aliphatic heterocycles. The van der Waals surface area contributed by atoms with Crippen molar-refractivity contribution >= 4 is 11.9 Å². The first-order valence-electron chi connectivity index (χ1n) is 8.82. The molecular weight excluding hydrogens is 356 g/mol. The fourth-order valence-corrected chi connectivity index (χ4v) is 2.45. The summed E-state index contributed by atoms with van der Waals surface area (Å²) in [5.74, 6) is 0.233. The highest BCUT2D eigenvalue weighted by Crippen LogP contribution is 2.16. The monoisotopic (exact) mass is 376 g/mol. The second kappa shape index (κ2) is 9.37. The third-order valence-corrected chi connectivity index (χ3v) is 3.98. The predicted molar refractivity (Wildman–Crippen MR) is 104 cm³/mol. The molecule has 5 nitrogen and oxygen atoms in total. The van der Waals surface area contributed by atoms with Gasteiger partial charge in [0.05, 0.1) is 5.56 Å². The van der Waals surface area contributed by atoms with Gasteiger partial charge in [-0.3, -0.25) is 0 Å². The third kappa shape index (κ3) is 5.45. The molecule has 3 aromatic carbocycles. The topological polar surface area (TPSA) is 61.8 Å². The molecule has 0 saturated heterocycles. The van der Waals surface area contributed by atoms with Crippen molar-refractivity contribution in [2.45, 2.75) is 13.5 Å². The number of esters is 2. The van der Waals surface area contributed by atoms with E-state index in [1.807, 2.05) is 31.2 Å². The van der Waals surface area contributed by atoms with Crippen LogP contribution in [0.1, 0.15) is 21.5 Å². The highest BCUT2D eigenvalue weighted by molar-refractivity contribution is 5.91. The van der Waals surface area contributed by atoms with Crippen LogP contribution in [0.2, 0.25) is 0 Å². The number of hydrogen-bond donors (Lipinski definition) is 0. The van der Waals surface area contributed by atoms with E-state index >= 15 is 0 Å². The van der Waals surface area contributed by atoms with Gasteiger partial charge in [-0.1, -0.05) is 48.5 Å². The summed E-state index contributed by atoms with van der Waals surface area (Å²) in [5.41, 5.74) is 2.13. The molecule has 5 heteroatoms. The molecule has 0 amide bonds. The van der Waals surface area contributed by atoms with E-state index in [2.05, 4.69) is 0 Å². The Balaban J connectivity index is 1.47. The first-order valence-corrected chi connectivity index (χ1v) is 8.82. The number of carbonyl (C=O) groups excluding carboxylic acids is 2. The smallest absolute Gasteiger partial charge is 0.344 e. The van der Waals surface area contributed by atoms with Crippen LogP contribution >= 0.6 is 0 Å². The minimum absolute atomic E-state index is 0.101. The van der Waals surface area contributed by atoms with Gasteiger partial charge in [0.1, 0.15) is 18.1 Å². The summed E-state index contributed by atoms with van der Waals surface area (Å²) in [7, 11) is 0. The average Bonchev–Trinajstić information content (AvgIpc) is 2.73. The summed E-state index contributed by atoms with van der Waals surface area (Å²) in [6.07, 6.45) is 0. The zero-order valence-corrected chi connectivity index (χ0v) is 15.5. The number of hydrogen-bond acceptors (Lipinski definition) is 5. The van der Waals surface area contributed by atoms with Gasteiger partial charge in [0.15, 0.2) is 6.61 Å². The van der Waals surface area contributed by atoms with Crippen LogP contribution in [0.5, 0.6) is 11.5 Å². The fourth-order valence-electron chi connectivity index (χ4n) is 2.45. The molecule has 0 unspecified atom stereocenters. The standard InChI is InChI=1S/C23H20O5/c1-17-7-5-6-10-21(17)26-16-22(24)27-15-18-11-13-19(14-12-18)23(25)28-20-8-3-2-4-9-20/h2-14H,15-16H2,1H3. The SMILES string of the molecule is Cc1ccccc1OCC(=O)OCc1ccc(C(=O)Oc2ccccc2)cc1. The number of ether oxygens (including phenoxy) is 3. The molecule has 0 fully saturated rings. The maximum atomic E-state index is 12.1. The van der Waals surface area contributed by atoms with Crippen molar-refractivity contribution in [2.75, 3.05) is 6.61 Å². The molecular formula is C23H20O5. The van der Waals surface area contributed by atoms with Gasteiger partial charge in [-0.05, 0) is 48.4 Å². The van der Waals surface area contributed by atoms with Crippen LogP contribution in [-0.4, -0.2) is 18.5 Å². The van der Waals surface area contributed by atoms with Crippen LogP contribution in [0, 0.1) is 6.92 Å². The second-order valence-electron chi connectivity index (χ2n) is 6.11. The minimum atomic E-state index is -0.462. The molecule has 0 bridgehead atoms. The lowest BCUT2D eigenvalue weighted by Crippen LogP contribution is -2.15. The molecule has 0 aliphatic rings. The zero-order chi connectivity index (χ0) is 19.8. The Morgan fingerprint density at radius 3 is 2.21 bits per heavy atom. The molecule has 0 spiro atoms. The van der Waals surface area contributed by atoms with Crippen molar-refractivity contribution in [3.05, 3.63) is 95.6 Å². The summed E-state index contributed by atoms with van der Waals surface area (Å²) in [6.45, 7) is 1.85. The highest BCUT2D eigenvalue weighted by atomic mass is 16.6. The van der Waals surface area contributed by atoms with Gasteiger partial charge in [-0.2, -0.15) is 0 Å². The molecule has 28 heavy (non-hydrogen) atoms. The molecule has 0 saturated carbocycles. The van der Waals surface area contributed by atoms with Crippen molar-refractivity contribution in [1.82, 2.24) is 0 Å². The van der Waals surface area contributed by atoms with Crippen LogP contribution in [0.4, 0.5) is 0 Å². The molecule has 142 valence electrons. The van der Waals surface area contributed by atoms with Crippen LogP contribution in [0.25, 0.3) is 0 Å². The van der Waals surface area contributed by atoms with Gasteiger partial charge in [0.2, 0.25) is 0 Å². The molecule has 3 rings (SSSR count). The lowest BCUT2D eigenvalue weighted by atomic mass is 10.1. The molecule has 0 N–H and O–H groups in total. The average molecular weight is 376 g/mol. The molecule has 0 heterocycles. The number of para-hydroxylation sites is 2. The van der Waals surface area contributed by atoms with Crippen molar-refractivity contribution in [3.8, 4) is 11.5 Å². The molecule has 0 aliphatic carbocycles. The van der Waals surface area contributed by atoms with E-state index in [4.69, 9.17) is 14.2 Å². The van der Waals surface area contributed by atoms with Gasteiger partial charge in [-0.25, -0.2) is 9.59 Å². The van der Waals surface area contributed by atoms with Gasteiger partial charge >= 0.3 is 11.9 Å². The summed E-state index contributed by atoms with van der Waals surface area (Å²) in [5, 5.41) is 0. The van der Waals surface area contributed by atoms with E-state index in [0.29, 0.717) is 17.1 Å². The maximum Gasteiger partial charge on any atom is 0.344 e. The summed E-state index contributed by atoms with van der Waals surface area (Å²) in [4.78, 5) is 24.0. The lowest BCUT2D eigenvalue weighted by Gasteiger charge is -2.09. The Kier molecular flexibility index (Phi) is 6.41. The lowest BCUT2D eigenvalue weighted by molar-refractivity contribution is -0.147. The van der Waals surface area contributed by atoms with Crippen LogP contribution in [-0.2, 0) is 16.1 Å². The number of rotatable bonds is 7. The zero-order valence-electron chi connectivity index (χ0n) is 15.5. The Labute approximate surface area is 163 Å². The van der Waals surface area contributed by atoms with Crippen LogP contribution in [0.15, 0.2) is 78.9 Å². The Morgan fingerprint density at radius 2 is 1.50 bits per heavy atom. The fraction of sp³-hybridized carbons (Fsp3) is 0.130. The van der Waals surface area contributed by atoms with Crippen LogP contribution < -0.4 is 9.47 Å². The number of carbonyl (C=O) groups is 2. The molecule has 0 radical (unpaired) electrons. The first-order chi connectivity index (χ1) is 13.6. The van der Waals surface area contributed by atoms with E-state index in [9.17, 15) is 9.59 Å². The molecule has 0 aromatic heterocycles. The quantitative estimate of drug-likeness (QED) is 0.453. The van der Waals surface area contributed by atoms with Gasteiger partial charge in [0, 0.05) is 0 Å². The van der Waals surface area contributed by atoms with Crippen LogP contribution in [0.3, 0.4) is 0 Å². The minimum Gasteiger partial charge on any atom is -0.482 e. The van der Waals surface area contributed by atoms with E-state index < -0.39 is 11.9 Å². The Morgan fingerprint density at radius 1 is 0.821 bits per heavy atom. The molecule has 0 atom stereocenters. The third-order valence-electron chi connectivity index (χ3n) is 3.98.